The van der Waals surface area contributed by atoms with Crippen molar-refractivity contribution in [3.05, 3.63) is 28.2 Å². The van der Waals surface area contributed by atoms with Gasteiger partial charge in [-0.25, -0.2) is 4.79 Å². The number of benzene rings is 1. The van der Waals surface area contributed by atoms with Gasteiger partial charge >= 0.3 is 5.97 Å². The van der Waals surface area contributed by atoms with Crippen LogP contribution in [0.5, 0.6) is 5.75 Å². The summed E-state index contributed by atoms with van der Waals surface area (Å²) in [6.07, 6.45) is 0.497. The first-order chi connectivity index (χ1) is 8.08. The van der Waals surface area contributed by atoms with E-state index in [1.165, 1.54) is 13.3 Å². The molecule has 0 amide bonds. The average Bonchev–Trinajstić information content (AvgIpc) is 2.31. The second-order valence-electron chi connectivity index (χ2n) is 3.21. The molecule has 0 aliphatic carbocycles. The smallest absolute Gasteiger partial charge is 0.346 e. The molecule has 5 nitrogen and oxygen atoms in total. The Morgan fingerprint density at radius 3 is 2.88 bits per heavy atom. The van der Waals surface area contributed by atoms with E-state index < -0.39 is 12.1 Å². The Morgan fingerprint density at radius 1 is 1.59 bits per heavy atom. The van der Waals surface area contributed by atoms with Crippen molar-refractivity contribution < 1.29 is 19.5 Å². The van der Waals surface area contributed by atoms with E-state index in [0.717, 1.165) is 4.47 Å². The quantitative estimate of drug-likeness (QED) is 0.401. The van der Waals surface area contributed by atoms with Crippen LogP contribution in [0.4, 0.5) is 0 Å². The number of carbonyl (C=O) groups is 1. The Balaban J connectivity index is 2.93. The van der Waals surface area contributed by atoms with Crippen molar-refractivity contribution >= 4 is 28.1 Å². The number of hydrogen-bond acceptors (Lipinski definition) is 5. The zero-order chi connectivity index (χ0) is 12.8. The Morgan fingerprint density at radius 2 is 2.29 bits per heavy atom. The highest BCUT2D eigenvalue weighted by Gasteiger charge is 2.16. The lowest BCUT2D eigenvalue weighted by molar-refractivity contribution is -0.147. The summed E-state index contributed by atoms with van der Waals surface area (Å²) >= 11 is 3.28. The summed E-state index contributed by atoms with van der Waals surface area (Å²) in [4.78, 5) is 11.2. The topological polar surface area (TPSA) is 68.1 Å². The zero-order valence-electron chi connectivity index (χ0n) is 9.38. The molecule has 1 rings (SSSR count). The Labute approximate surface area is 107 Å². The molecule has 1 atom stereocenters. The van der Waals surface area contributed by atoms with Crippen LogP contribution in [-0.2, 0) is 9.53 Å². The third-order valence-corrected chi connectivity index (χ3v) is 2.50. The van der Waals surface area contributed by atoms with Crippen molar-refractivity contribution in [3.8, 4) is 5.75 Å². The van der Waals surface area contributed by atoms with Crippen molar-refractivity contribution in [2.24, 2.45) is 5.16 Å². The Hall–Kier alpha value is -1.56. The van der Waals surface area contributed by atoms with Gasteiger partial charge in [-0.2, -0.15) is 0 Å². The third kappa shape index (κ3) is 3.74. The lowest BCUT2D eigenvalue weighted by Gasteiger charge is -2.14. The molecule has 1 aromatic rings. The maximum Gasteiger partial charge on any atom is 0.346 e. The van der Waals surface area contributed by atoms with Crippen LogP contribution >= 0.6 is 15.9 Å². The van der Waals surface area contributed by atoms with Gasteiger partial charge < -0.3 is 14.7 Å². The van der Waals surface area contributed by atoms with E-state index in [4.69, 9.17) is 9.94 Å². The number of methoxy groups -OCH3 is 1. The summed E-state index contributed by atoms with van der Waals surface area (Å²) in [6, 6.07) is 5.13. The van der Waals surface area contributed by atoms with Gasteiger partial charge in [0.25, 0.3) is 0 Å². The first-order valence-electron chi connectivity index (χ1n) is 4.80. The molecule has 0 fully saturated rings. The molecule has 1 N–H and O–H groups in total. The fraction of sp³-hybridized carbons (Fsp3) is 0.273. The number of carbonyl (C=O) groups excluding carboxylic acids is 1. The SMILES string of the molecule is COC(=O)C(C)Oc1ccc(Br)cc1/C=N/O. The van der Waals surface area contributed by atoms with Crippen LogP contribution in [0.2, 0.25) is 0 Å². The van der Waals surface area contributed by atoms with Crippen molar-refractivity contribution in [3.63, 3.8) is 0 Å². The van der Waals surface area contributed by atoms with Crippen LogP contribution in [0.3, 0.4) is 0 Å². The summed E-state index contributed by atoms with van der Waals surface area (Å²) in [5.41, 5.74) is 0.553. The molecular formula is C11H12BrNO4. The predicted molar refractivity (Wildman–Crippen MR) is 65.6 cm³/mol. The molecule has 0 bridgehead atoms. The Bertz CT molecular complexity index is 433. The summed E-state index contributed by atoms with van der Waals surface area (Å²) in [5.74, 6) is -0.0382. The van der Waals surface area contributed by atoms with Gasteiger partial charge in [-0.3, -0.25) is 0 Å². The highest BCUT2D eigenvalue weighted by molar-refractivity contribution is 9.10. The molecule has 6 heteroatoms. The number of nitrogens with zero attached hydrogens (tertiary/aromatic N) is 1. The first-order valence-corrected chi connectivity index (χ1v) is 5.59. The third-order valence-electron chi connectivity index (χ3n) is 2.01. The molecule has 0 aromatic heterocycles. The minimum atomic E-state index is -0.730. The van der Waals surface area contributed by atoms with Gasteiger partial charge in [0.15, 0.2) is 6.10 Å². The fourth-order valence-corrected chi connectivity index (χ4v) is 1.57. The van der Waals surface area contributed by atoms with Crippen LogP contribution in [0.1, 0.15) is 12.5 Å². The zero-order valence-corrected chi connectivity index (χ0v) is 11.0. The van der Waals surface area contributed by atoms with E-state index in [2.05, 4.69) is 25.8 Å². The second-order valence-corrected chi connectivity index (χ2v) is 4.13. The molecule has 0 saturated heterocycles. The number of rotatable bonds is 4. The normalized spacial score (nSPS) is 12.4. The standard InChI is InChI=1S/C11H12BrNO4/c1-7(11(14)16-2)17-10-4-3-9(12)5-8(10)6-13-15/h3-7,15H,1-2H3/b13-6+. The predicted octanol–water partition coefficient (Wildman–Crippen LogP) is 2.20. The molecular weight excluding hydrogens is 290 g/mol. The van der Waals surface area contributed by atoms with E-state index in [1.54, 1.807) is 25.1 Å². The number of ether oxygens (including phenoxy) is 2. The second kappa shape index (κ2) is 6.24. The number of oxime groups is 1. The van der Waals surface area contributed by atoms with Gasteiger partial charge in [0.05, 0.1) is 13.3 Å². The van der Waals surface area contributed by atoms with E-state index >= 15 is 0 Å². The lowest BCUT2D eigenvalue weighted by atomic mass is 10.2. The molecule has 92 valence electrons. The summed E-state index contributed by atoms with van der Waals surface area (Å²) in [7, 11) is 1.29. The van der Waals surface area contributed by atoms with Crippen molar-refractivity contribution in [1.82, 2.24) is 0 Å². The van der Waals surface area contributed by atoms with Crippen LogP contribution in [0.25, 0.3) is 0 Å². The number of hydrogen-bond donors (Lipinski definition) is 1. The summed E-state index contributed by atoms with van der Waals surface area (Å²) < 4.78 is 10.8. The van der Waals surface area contributed by atoms with Crippen LogP contribution in [-0.4, -0.2) is 30.6 Å². The number of esters is 1. The molecule has 17 heavy (non-hydrogen) atoms. The fourth-order valence-electron chi connectivity index (χ4n) is 1.19. The molecule has 0 saturated carbocycles. The maximum absolute atomic E-state index is 11.2. The highest BCUT2D eigenvalue weighted by Crippen LogP contribution is 2.23. The molecule has 0 spiro atoms. The van der Waals surface area contributed by atoms with E-state index in [9.17, 15) is 4.79 Å². The summed E-state index contributed by atoms with van der Waals surface area (Å²) in [6.45, 7) is 1.58. The monoisotopic (exact) mass is 301 g/mol. The van der Waals surface area contributed by atoms with Crippen molar-refractivity contribution in [1.29, 1.82) is 0 Å². The molecule has 0 radical (unpaired) electrons. The average molecular weight is 302 g/mol. The van der Waals surface area contributed by atoms with Gasteiger partial charge in [-0.05, 0) is 25.1 Å². The van der Waals surface area contributed by atoms with Gasteiger partial charge in [-0.1, -0.05) is 21.1 Å². The summed E-state index contributed by atoms with van der Waals surface area (Å²) in [5, 5.41) is 11.5. The van der Waals surface area contributed by atoms with E-state index in [0.29, 0.717) is 11.3 Å². The highest BCUT2D eigenvalue weighted by atomic mass is 79.9. The van der Waals surface area contributed by atoms with Gasteiger partial charge in [0, 0.05) is 10.0 Å². The molecule has 0 aliphatic heterocycles. The van der Waals surface area contributed by atoms with Crippen LogP contribution in [0.15, 0.2) is 27.8 Å². The van der Waals surface area contributed by atoms with Gasteiger partial charge in [0.1, 0.15) is 5.75 Å². The minimum absolute atomic E-state index is 0.434. The van der Waals surface area contributed by atoms with E-state index in [-0.39, 0.29) is 0 Å². The maximum atomic E-state index is 11.2. The van der Waals surface area contributed by atoms with Gasteiger partial charge in [0.2, 0.25) is 0 Å². The largest absolute Gasteiger partial charge is 0.478 e. The Kier molecular flexibility index (Phi) is 4.96. The van der Waals surface area contributed by atoms with Crippen LogP contribution in [0, 0.1) is 0 Å². The molecule has 0 heterocycles. The lowest BCUT2D eigenvalue weighted by Crippen LogP contribution is -2.25. The minimum Gasteiger partial charge on any atom is -0.478 e. The van der Waals surface area contributed by atoms with Crippen molar-refractivity contribution in [2.75, 3.05) is 7.11 Å². The first kappa shape index (κ1) is 13.5. The van der Waals surface area contributed by atoms with Gasteiger partial charge in [-0.15, -0.1) is 0 Å². The molecule has 1 unspecified atom stereocenters. The number of halogens is 1. The van der Waals surface area contributed by atoms with E-state index in [1.807, 2.05) is 0 Å². The van der Waals surface area contributed by atoms with Crippen LogP contribution < -0.4 is 4.74 Å². The van der Waals surface area contributed by atoms with Crippen molar-refractivity contribution in [2.45, 2.75) is 13.0 Å². The molecule has 0 aliphatic rings. The molecule has 1 aromatic carbocycles.